The Hall–Kier alpha value is -1.50. The van der Waals surface area contributed by atoms with Crippen LogP contribution in [0.4, 0.5) is 0 Å². The van der Waals surface area contributed by atoms with Crippen molar-refractivity contribution >= 4 is 27.5 Å². The van der Waals surface area contributed by atoms with Crippen LogP contribution in [0.5, 0.6) is 0 Å². The van der Waals surface area contributed by atoms with Gasteiger partial charge in [0.05, 0.1) is 10.2 Å². The van der Waals surface area contributed by atoms with Crippen molar-refractivity contribution in [1.82, 2.24) is 9.88 Å². The van der Waals surface area contributed by atoms with Gasteiger partial charge in [-0.1, -0.05) is 25.0 Å². The molecule has 1 saturated heterocycles. The summed E-state index contributed by atoms with van der Waals surface area (Å²) in [5, 5.41) is 21.2. The van der Waals surface area contributed by atoms with Crippen molar-refractivity contribution in [2.45, 2.75) is 37.9 Å². The average molecular weight is 346 g/mol. The summed E-state index contributed by atoms with van der Waals surface area (Å²) < 4.78 is 0.943. The molecular formula is C18H22N2O3S. The van der Waals surface area contributed by atoms with E-state index in [2.05, 4.69) is 4.98 Å². The molecule has 0 spiro atoms. The number of aliphatic hydroxyl groups excluding tert-OH is 2. The van der Waals surface area contributed by atoms with Gasteiger partial charge < -0.3 is 15.1 Å². The third-order valence-corrected chi connectivity index (χ3v) is 6.51. The zero-order valence-electron chi connectivity index (χ0n) is 13.5. The number of carbonyl (C=O) groups excluding carboxylic acids is 1. The minimum atomic E-state index is -1.44. The van der Waals surface area contributed by atoms with Crippen molar-refractivity contribution in [2.75, 3.05) is 13.1 Å². The van der Waals surface area contributed by atoms with E-state index in [9.17, 15) is 15.0 Å². The smallest absolute Gasteiger partial charge is 0.254 e. The number of hydrogen-bond donors (Lipinski definition) is 2. The van der Waals surface area contributed by atoms with Gasteiger partial charge in [-0.15, -0.1) is 11.3 Å². The summed E-state index contributed by atoms with van der Waals surface area (Å²) in [4.78, 5) is 18.7. The number of likely N-dealkylation sites (tertiary alicyclic amines) is 1. The van der Waals surface area contributed by atoms with Gasteiger partial charge in [-0.2, -0.15) is 0 Å². The van der Waals surface area contributed by atoms with Gasteiger partial charge in [0.25, 0.3) is 5.91 Å². The number of amides is 1. The molecule has 1 aliphatic carbocycles. The van der Waals surface area contributed by atoms with E-state index in [4.69, 9.17) is 0 Å². The Kier molecular flexibility index (Phi) is 4.28. The minimum Gasteiger partial charge on any atom is -0.383 e. The van der Waals surface area contributed by atoms with Gasteiger partial charge in [0, 0.05) is 13.1 Å². The highest BCUT2D eigenvalue weighted by atomic mass is 32.1. The first-order chi connectivity index (χ1) is 11.6. The number of aliphatic hydroxyl groups is 2. The van der Waals surface area contributed by atoms with Gasteiger partial charge >= 0.3 is 0 Å². The molecule has 2 aromatic rings. The topological polar surface area (TPSA) is 73.7 Å². The van der Waals surface area contributed by atoms with Crippen LogP contribution in [0, 0.1) is 11.8 Å². The number of rotatable bonds is 3. The number of benzene rings is 1. The van der Waals surface area contributed by atoms with E-state index in [0.29, 0.717) is 29.9 Å². The van der Waals surface area contributed by atoms with E-state index in [1.54, 1.807) is 4.90 Å². The number of carbonyl (C=O) groups is 1. The summed E-state index contributed by atoms with van der Waals surface area (Å²) in [5.74, 6) is 0.764. The molecule has 2 aliphatic rings. The number of thiazole rings is 1. The minimum absolute atomic E-state index is 0.365. The highest BCUT2D eigenvalue weighted by Crippen LogP contribution is 2.37. The number of para-hydroxylation sites is 1. The van der Waals surface area contributed by atoms with Crippen molar-refractivity contribution in [2.24, 2.45) is 11.8 Å². The molecule has 1 aromatic heterocycles. The Morgan fingerprint density at radius 3 is 2.50 bits per heavy atom. The van der Waals surface area contributed by atoms with E-state index >= 15 is 0 Å². The quantitative estimate of drug-likeness (QED) is 0.895. The number of aromatic nitrogens is 1. The van der Waals surface area contributed by atoms with E-state index in [1.165, 1.54) is 37.0 Å². The lowest BCUT2D eigenvalue weighted by atomic mass is 9.82. The third kappa shape index (κ3) is 2.83. The fraction of sp³-hybridized carbons (Fsp3) is 0.556. The zero-order valence-corrected chi connectivity index (χ0v) is 14.3. The summed E-state index contributed by atoms with van der Waals surface area (Å²) in [5.41, 5.74) is 0.781. The normalized spacial score (nSPS) is 26.3. The monoisotopic (exact) mass is 346 g/mol. The highest BCUT2D eigenvalue weighted by Gasteiger charge is 2.40. The second-order valence-electron chi connectivity index (χ2n) is 6.96. The number of fused-ring (bicyclic) bond motifs is 2. The Morgan fingerprint density at radius 2 is 1.83 bits per heavy atom. The van der Waals surface area contributed by atoms with Crippen LogP contribution < -0.4 is 0 Å². The maximum absolute atomic E-state index is 12.6. The molecule has 4 atom stereocenters. The van der Waals surface area contributed by atoms with Gasteiger partial charge in [-0.3, -0.25) is 4.79 Å². The van der Waals surface area contributed by atoms with Crippen molar-refractivity contribution in [3.05, 3.63) is 29.3 Å². The number of nitrogens with zero attached hydrogens (tertiary/aromatic N) is 2. The average Bonchev–Trinajstić information content (AvgIpc) is 3.23. The predicted octanol–water partition coefficient (Wildman–Crippen LogP) is 2.34. The lowest BCUT2D eigenvalue weighted by molar-refractivity contribution is -0.145. The van der Waals surface area contributed by atoms with Crippen LogP contribution in [0.25, 0.3) is 10.2 Å². The zero-order chi connectivity index (χ0) is 16.7. The van der Waals surface area contributed by atoms with Crippen LogP contribution in [0.3, 0.4) is 0 Å². The molecule has 2 fully saturated rings. The summed E-state index contributed by atoms with van der Waals surface area (Å²) >= 11 is 1.32. The fourth-order valence-corrected chi connectivity index (χ4v) is 5.04. The maximum Gasteiger partial charge on any atom is 0.254 e. The third-order valence-electron chi connectivity index (χ3n) is 5.40. The van der Waals surface area contributed by atoms with Gasteiger partial charge in [0.2, 0.25) is 0 Å². The molecule has 24 heavy (non-hydrogen) atoms. The molecule has 1 aromatic carbocycles. The van der Waals surface area contributed by atoms with Gasteiger partial charge in [-0.25, -0.2) is 4.98 Å². The molecule has 128 valence electrons. The van der Waals surface area contributed by atoms with Crippen LogP contribution in [0.1, 0.15) is 36.8 Å². The molecule has 6 heteroatoms. The second kappa shape index (κ2) is 6.43. The van der Waals surface area contributed by atoms with Crippen molar-refractivity contribution in [3.8, 4) is 0 Å². The fourth-order valence-electron chi connectivity index (χ4n) is 4.06. The summed E-state index contributed by atoms with van der Waals surface area (Å²) in [6, 6.07) is 7.57. The van der Waals surface area contributed by atoms with E-state index in [1.807, 2.05) is 24.3 Å². The lowest BCUT2D eigenvalue weighted by Gasteiger charge is -2.22. The summed E-state index contributed by atoms with van der Waals surface area (Å²) in [6.07, 6.45) is 2.11. The van der Waals surface area contributed by atoms with Crippen LogP contribution in [-0.4, -0.2) is 45.2 Å². The van der Waals surface area contributed by atoms with Crippen molar-refractivity contribution in [1.29, 1.82) is 0 Å². The first kappa shape index (κ1) is 16.0. The Labute approximate surface area is 144 Å². The van der Waals surface area contributed by atoms with Gasteiger partial charge in [0.1, 0.15) is 11.1 Å². The standard InChI is InChI=1S/C18H22N2O3S/c21-15(17-19-13-7-3-4-8-14(13)24-17)16(22)18(23)20-9-11-5-1-2-6-12(11)10-20/h3-4,7-8,11-12,15-16,21-22H,1-2,5-6,9-10H2. The molecule has 0 radical (unpaired) electrons. The molecule has 5 nitrogen and oxygen atoms in total. The van der Waals surface area contributed by atoms with E-state index in [0.717, 1.165) is 10.2 Å². The summed E-state index contributed by atoms with van der Waals surface area (Å²) in [6.45, 7) is 1.43. The maximum atomic E-state index is 12.6. The van der Waals surface area contributed by atoms with E-state index < -0.39 is 12.2 Å². The molecule has 2 heterocycles. The molecule has 1 aliphatic heterocycles. The Morgan fingerprint density at radius 1 is 1.17 bits per heavy atom. The van der Waals surface area contributed by atoms with Crippen LogP contribution in [0.2, 0.25) is 0 Å². The largest absolute Gasteiger partial charge is 0.383 e. The molecular weight excluding hydrogens is 324 g/mol. The first-order valence-corrected chi connectivity index (χ1v) is 9.45. The van der Waals surface area contributed by atoms with Gasteiger partial charge in [0.15, 0.2) is 6.10 Å². The highest BCUT2D eigenvalue weighted by molar-refractivity contribution is 7.18. The number of hydrogen-bond acceptors (Lipinski definition) is 5. The van der Waals surface area contributed by atoms with Gasteiger partial charge in [-0.05, 0) is 36.8 Å². The molecule has 4 rings (SSSR count). The van der Waals surface area contributed by atoms with Crippen molar-refractivity contribution < 1.29 is 15.0 Å². The summed E-state index contributed by atoms with van der Waals surface area (Å²) in [7, 11) is 0. The SMILES string of the molecule is O=C(C(O)C(O)c1nc2ccccc2s1)N1CC2CCCCC2C1. The van der Waals surface area contributed by atoms with Crippen LogP contribution in [0.15, 0.2) is 24.3 Å². The van der Waals surface area contributed by atoms with Crippen molar-refractivity contribution in [3.63, 3.8) is 0 Å². The first-order valence-electron chi connectivity index (χ1n) is 8.64. The molecule has 0 bridgehead atoms. The lowest BCUT2D eigenvalue weighted by Crippen LogP contribution is -2.41. The molecule has 1 amide bonds. The Balaban J connectivity index is 1.48. The Bertz CT molecular complexity index is 700. The molecule has 4 unspecified atom stereocenters. The molecule has 1 saturated carbocycles. The van der Waals surface area contributed by atoms with Crippen LogP contribution in [-0.2, 0) is 4.79 Å². The molecule has 2 N–H and O–H groups in total. The predicted molar refractivity (Wildman–Crippen MR) is 92.6 cm³/mol. The van der Waals surface area contributed by atoms with Crippen LogP contribution >= 0.6 is 11.3 Å². The van der Waals surface area contributed by atoms with E-state index in [-0.39, 0.29) is 5.91 Å². The second-order valence-corrected chi connectivity index (χ2v) is 8.02.